The van der Waals surface area contributed by atoms with Crippen LogP contribution in [0.4, 0.5) is 0 Å². The summed E-state index contributed by atoms with van der Waals surface area (Å²) in [7, 11) is 1.79. The molecule has 2 N–H and O–H groups in total. The van der Waals surface area contributed by atoms with E-state index in [0.29, 0.717) is 12.6 Å². The first kappa shape index (κ1) is 23.9. The first-order chi connectivity index (χ1) is 11.2. The molecule has 0 saturated carbocycles. The number of halogens is 1. The van der Waals surface area contributed by atoms with Crippen LogP contribution in [0.1, 0.15) is 65.7 Å². The van der Waals surface area contributed by atoms with Gasteiger partial charge in [0.15, 0.2) is 5.96 Å². The molecule has 0 aromatic heterocycles. The smallest absolute Gasteiger partial charge is 0.191 e. The molecule has 0 spiro atoms. The SMILES string of the molecule is CCCCCCC(C)NC(=NCC1(OC)CCOCC1)NCC.I. The highest BCUT2D eigenvalue weighted by Crippen LogP contribution is 2.24. The molecule has 0 bridgehead atoms. The van der Waals surface area contributed by atoms with Crippen LogP contribution in [-0.2, 0) is 9.47 Å². The summed E-state index contributed by atoms with van der Waals surface area (Å²) in [5.74, 6) is 0.901. The van der Waals surface area contributed by atoms with Crippen LogP contribution < -0.4 is 10.6 Å². The minimum absolute atomic E-state index is 0. The van der Waals surface area contributed by atoms with Crippen molar-refractivity contribution in [2.24, 2.45) is 4.99 Å². The normalized spacial score (nSPS) is 18.6. The van der Waals surface area contributed by atoms with Gasteiger partial charge in [0, 0.05) is 45.8 Å². The lowest BCUT2D eigenvalue weighted by Crippen LogP contribution is -2.45. The molecule has 1 heterocycles. The van der Waals surface area contributed by atoms with Gasteiger partial charge in [-0.1, -0.05) is 32.6 Å². The van der Waals surface area contributed by atoms with Gasteiger partial charge in [0.05, 0.1) is 12.1 Å². The summed E-state index contributed by atoms with van der Waals surface area (Å²) >= 11 is 0. The lowest BCUT2D eigenvalue weighted by atomic mass is 9.94. The zero-order valence-electron chi connectivity index (χ0n) is 16.0. The number of methoxy groups -OCH3 is 1. The van der Waals surface area contributed by atoms with E-state index in [0.717, 1.165) is 38.6 Å². The molecule has 0 aromatic carbocycles. The van der Waals surface area contributed by atoms with Crippen molar-refractivity contribution in [1.82, 2.24) is 10.6 Å². The van der Waals surface area contributed by atoms with E-state index in [9.17, 15) is 0 Å². The summed E-state index contributed by atoms with van der Waals surface area (Å²) in [4.78, 5) is 4.78. The summed E-state index contributed by atoms with van der Waals surface area (Å²) in [6, 6.07) is 0.442. The van der Waals surface area contributed by atoms with E-state index in [-0.39, 0.29) is 29.6 Å². The quantitative estimate of drug-likeness (QED) is 0.228. The fourth-order valence-corrected chi connectivity index (χ4v) is 2.90. The Morgan fingerprint density at radius 1 is 1.21 bits per heavy atom. The van der Waals surface area contributed by atoms with Gasteiger partial charge in [0.25, 0.3) is 0 Å². The van der Waals surface area contributed by atoms with E-state index in [1.807, 2.05) is 0 Å². The van der Waals surface area contributed by atoms with Gasteiger partial charge in [0.2, 0.25) is 0 Å². The highest BCUT2D eigenvalue weighted by Gasteiger charge is 2.32. The van der Waals surface area contributed by atoms with E-state index < -0.39 is 0 Å². The molecule has 1 atom stereocenters. The number of nitrogens with one attached hydrogen (secondary N) is 2. The minimum atomic E-state index is -0.162. The van der Waals surface area contributed by atoms with Gasteiger partial charge in [-0.3, -0.25) is 4.99 Å². The summed E-state index contributed by atoms with van der Waals surface area (Å²) in [6.45, 7) is 9.67. The van der Waals surface area contributed by atoms with Gasteiger partial charge < -0.3 is 20.1 Å². The number of unbranched alkanes of at least 4 members (excludes halogenated alkanes) is 3. The molecule has 1 fully saturated rings. The van der Waals surface area contributed by atoms with E-state index in [1.54, 1.807) is 7.11 Å². The zero-order chi connectivity index (χ0) is 17.0. The summed E-state index contributed by atoms with van der Waals surface area (Å²) < 4.78 is 11.2. The first-order valence-corrected chi connectivity index (χ1v) is 9.33. The van der Waals surface area contributed by atoms with Gasteiger partial charge in [-0.15, -0.1) is 24.0 Å². The van der Waals surface area contributed by atoms with Crippen molar-refractivity contribution < 1.29 is 9.47 Å². The molecule has 1 aliphatic heterocycles. The van der Waals surface area contributed by atoms with Crippen molar-refractivity contribution in [2.75, 3.05) is 33.4 Å². The molecule has 1 rings (SSSR count). The van der Waals surface area contributed by atoms with Crippen LogP contribution in [0, 0.1) is 0 Å². The number of aliphatic imine (C=N–C) groups is 1. The van der Waals surface area contributed by atoms with Crippen molar-refractivity contribution >= 4 is 29.9 Å². The van der Waals surface area contributed by atoms with Crippen molar-refractivity contribution in [3.63, 3.8) is 0 Å². The second-order valence-electron chi connectivity index (χ2n) is 6.59. The van der Waals surface area contributed by atoms with E-state index in [1.165, 1.54) is 32.1 Å². The molecule has 5 nitrogen and oxygen atoms in total. The molecule has 6 heteroatoms. The third kappa shape index (κ3) is 9.42. The molecule has 0 radical (unpaired) electrons. The van der Waals surface area contributed by atoms with E-state index >= 15 is 0 Å². The van der Waals surface area contributed by atoms with Crippen LogP contribution in [-0.4, -0.2) is 51.0 Å². The third-order valence-corrected chi connectivity index (χ3v) is 4.58. The van der Waals surface area contributed by atoms with Crippen LogP contribution in [0.3, 0.4) is 0 Å². The number of nitrogens with zero attached hydrogens (tertiary/aromatic N) is 1. The minimum Gasteiger partial charge on any atom is -0.381 e. The van der Waals surface area contributed by atoms with Crippen LogP contribution in [0.2, 0.25) is 0 Å². The fourth-order valence-electron chi connectivity index (χ4n) is 2.90. The second kappa shape index (κ2) is 14.1. The topological polar surface area (TPSA) is 54.9 Å². The average molecular weight is 455 g/mol. The highest BCUT2D eigenvalue weighted by molar-refractivity contribution is 14.0. The Bertz CT molecular complexity index is 334. The van der Waals surface area contributed by atoms with Crippen LogP contribution >= 0.6 is 24.0 Å². The molecule has 0 aliphatic carbocycles. The molecule has 0 amide bonds. The van der Waals surface area contributed by atoms with Gasteiger partial charge >= 0.3 is 0 Å². The van der Waals surface area contributed by atoms with Gasteiger partial charge in [-0.25, -0.2) is 0 Å². The lowest BCUT2D eigenvalue weighted by molar-refractivity contribution is -0.0828. The van der Waals surface area contributed by atoms with Crippen LogP contribution in [0.5, 0.6) is 0 Å². The monoisotopic (exact) mass is 455 g/mol. The number of hydrogen-bond acceptors (Lipinski definition) is 3. The largest absolute Gasteiger partial charge is 0.381 e. The number of ether oxygens (including phenoxy) is 2. The molecule has 0 aromatic rings. The molecular formula is C18H38IN3O2. The lowest BCUT2D eigenvalue weighted by Gasteiger charge is -2.34. The number of rotatable bonds is 10. The highest BCUT2D eigenvalue weighted by atomic mass is 127. The summed E-state index contributed by atoms with van der Waals surface area (Å²) in [5.41, 5.74) is -0.162. The average Bonchev–Trinajstić information content (AvgIpc) is 2.58. The Kier molecular flexibility index (Phi) is 14.1. The Morgan fingerprint density at radius 2 is 1.92 bits per heavy atom. The maximum Gasteiger partial charge on any atom is 0.191 e. The number of hydrogen-bond donors (Lipinski definition) is 2. The van der Waals surface area contributed by atoms with E-state index in [2.05, 4.69) is 31.4 Å². The number of guanidine groups is 1. The molecule has 144 valence electrons. The van der Waals surface area contributed by atoms with Crippen molar-refractivity contribution in [1.29, 1.82) is 0 Å². The second-order valence-corrected chi connectivity index (χ2v) is 6.59. The molecule has 1 unspecified atom stereocenters. The molecule has 1 aliphatic rings. The predicted octanol–water partition coefficient (Wildman–Crippen LogP) is 3.71. The van der Waals surface area contributed by atoms with Gasteiger partial charge in [-0.2, -0.15) is 0 Å². The molecule has 1 saturated heterocycles. The Balaban J connectivity index is 0.00000529. The Morgan fingerprint density at radius 3 is 2.50 bits per heavy atom. The van der Waals surface area contributed by atoms with Crippen molar-refractivity contribution in [2.45, 2.75) is 77.4 Å². The van der Waals surface area contributed by atoms with Crippen LogP contribution in [0.25, 0.3) is 0 Å². The standard InChI is InChI=1S/C18H37N3O2.HI/c1-5-7-8-9-10-16(3)21-17(19-6-2)20-15-18(22-4)11-13-23-14-12-18;/h16H,5-15H2,1-4H3,(H2,19,20,21);1H. The van der Waals surface area contributed by atoms with Crippen molar-refractivity contribution in [3.05, 3.63) is 0 Å². The van der Waals surface area contributed by atoms with Crippen molar-refractivity contribution in [3.8, 4) is 0 Å². The molecule has 24 heavy (non-hydrogen) atoms. The summed E-state index contributed by atoms with van der Waals surface area (Å²) in [5, 5.41) is 6.88. The Labute approximate surface area is 165 Å². The maximum absolute atomic E-state index is 5.76. The predicted molar refractivity (Wildman–Crippen MR) is 113 cm³/mol. The van der Waals surface area contributed by atoms with E-state index in [4.69, 9.17) is 14.5 Å². The Hall–Kier alpha value is -0.0800. The molecular weight excluding hydrogens is 417 g/mol. The first-order valence-electron chi connectivity index (χ1n) is 9.33. The van der Waals surface area contributed by atoms with Crippen LogP contribution in [0.15, 0.2) is 4.99 Å². The maximum atomic E-state index is 5.76. The van der Waals surface area contributed by atoms with Gasteiger partial charge in [0.1, 0.15) is 0 Å². The summed E-state index contributed by atoms with van der Waals surface area (Å²) in [6.07, 6.45) is 8.24. The third-order valence-electron chi connectivity index (χ3n) is 4.58. The van der Waals surface area contributed by atoms with Gasteiger partial charge in [-0.05, 0) is 20.3 Å². The fraction of sp³-hybridized carbons (Fsp3) is 0.944. The zero-order valence-corrected chi connectivity index (χ0v) is 18.4.